The molecule has 0 saturated carbocycles. The second-order valence-corrected chi connectivity index (χ2v) is 3.63. The van der Waals surface area contributed by atoms with Crippen LogP contribution in [0.3, 0.4) is 0 Å². The molecule has 0 fully saturated rings. The summed E-state index contributed by atoms with van der Waals surface area (Å²) in [5, 5.41) is 0. The van der Waals surface area contributed by atoms with Crippen molar-refractivity contribution in [3.63, 3.8) is 0 Å². The van der Waals surface area contributed by atoms with Crippen LogP contribution in [0.4, 0.5) is 5.69 Å². The number of nitrogen functional groups attached to an aromatic ring is 1. The van der Waals surface area contributed by atoms with Gasteiger partial charge in [0.25, 0.3) is 0 Å². The van der Waals surface area contributed by atoms with Crippen molar-refractivity contribution in [2.24, 2.45) is 0 Å². The Labute approximate surface area is 87.4 Å². The number of aryl methyl sites for hydroxylation is 2. The molecule has 0 aliphatic heterocycles. The minimum Gasteiger partial charge on any atom is -0.399 e. The van der Waals surface area contributed by atoms with Gasteiger partial charge in [-0.15, -0.1) is 0 Å². The van der Waals surface area contributed by atoms with Gasteiger partial charge in [0.2, 0.25) is 0 Å². The van der Waals surface area contributed by atoms with Gasteiger partial charge in [0.05, 0.1) is 5.69 Å². The molecule has 0 aliphatic carbocycles. The molecule has 1 heterocycles. The maximum Gasteiger partial charge on any atom is 0.330 e. The van der Waals surface area contributed by atoms with Crippen molar-refractivity contribution in [1.82, 2.24) is 9.55 Å². The number of hydrogen-bond acceptors (Lipinski definition) is 2. The van der Waals surface area contributed by atoms with Crippen molar-refractivity contribution in [3.05, 3.63) is 46.1 Å². The SMILES string of the molecule is Cc1cc(-n2cc[nH]c2=O)c(C)cc1N. The van der Waals surface area contributed by atoms with Gasteiger partial charge in [-0.25, -0.2) is 4.79 Å². The van der Waals surface area contributed by atoms with E-state index in [1.807, 2.05) is 26.0 Å². The highest BCUT2D eigenvalue weighted by Gasteiger charge is 2.05. The first-order chi connectivity index (χ1) is 7.09. The fraction of sp³-hybridized carbons (Fsp3) is 0.182. The molecule has 1 aromatic heterocycles. The van der Waals surface area contributed by atoms with Crippen LogP contribution in [0.5, 0.6) is 0 Å². The van der Waals surface area contributed by atoms with E-state index in [1.54, 1.807) is 17.0 Å². The lowest BCUT2D eigenvalue weighted by Gasteiger charge is -2.09. The third kappa shape index (κ3) is 1.54. The Kier molecular flexibility index (Phi) is 2.11. The predicted octanol–water partition coefficient (Wildman–Crippen LogP) is 1.36. The lowest BCUT2D eigenvalue weighted by Crippen LogP contribution is -2.15. The topological polar surface area (TPSA) is 63.8 Å². The van der Waals surface area contributed by atoms with Gasteiger partial charge < -0.3 is 10.7 Å². The molecule has 0 atom stereocenters. The van der Waals surface area contributed by atoms with E-state index >= 15 is 0 Å². The smallest absolute Gasteiger partial charge is 0.330 e. The summed E-state index contributed by atoms with van der Waals surface area (Å²) in [7, 11) is 0. The number of nitrogens with zero attached hydrogens (tertiary/aromatic N) is 1. The van der Waals surface area contributed by atoms with Crippen LogP contribution in [0.2, 0.25) is 0 Å². The third-order valence-corrected chi connectivity index (χ3v) is 2.49. The average molecular weight is 203 g/mol. The first-order valence-corrected chi connectivity index (χ1v) is 4.72. The molecule has 4 nitrogen and oxygen atoms in total. The Balaban J connectivity index is 2.69. The fourth-order valence-corrected chi connectivity index (χ4v) is 1.59. The summed E-state index contributed by atoms with van der Waals surface area (Å²) in [6.07, 6.45) is 3.33. The largest absolute Gasteiger partial charge is 0.399 e. The first-order valence-electron chi connectivity index (χ1n) is 4.72. The number of nitrogens with two attached hydrogens (primary N) is 1. The Bertz CT molecular complexity index is 551. The van der Waals surface area contributed by atoms with Gasteiger partial charge in [-0.05, 0) is 37.1 Å². The van der Waals surface area contributed by atoms with E-state index in [2.05, 4.69) is 4.98 Å². The molecule has 1 aromatic carbocycles. The molecule has 0 amide bonds. The van der Waals surface area contributed by atoms with Crippen LogP contribution in [-0.2, 0) is 0 Å². The zero-order valence-corrected chi connectivity index (χ0v) is 8.74. The normalized spacial score (nSPS) is 10.5. The fourth-order valence-electron chi connectivity index (χ4n) is 1.59. The molecule has 0 bridgehead atoms. The van der Waals surface area contributed by atoms with Crippen LogP contribution < -0.4 is 11.4 Å². The van der Waals surface area contributed by atoms with E-state index in [0.29, 0.717) is 0 Å². The Morgan fingerprint density at radius 3 is 2.60 bits per heavy atom. The predicted molar refractivity (Wildman–Crippen MR) is 60.3 cm³/mol. The number of aromatic nitrogens is 2. The highest BCUT2D eigenvalue weighted by molar-refractivity contribution is 5.56. The zero-order valence-electron chi connectivity index (χ0n) is 8.74. The van der Waals surface area contributed by atoms with Crippen LogP contribution in [0, 0.1) is 13.8 Å². The second-order valence-electron chi connectivity index (χ2n) is 3.63. The van der Waals surface area contributed by atoms with Crippen molar-refractivity contribution in [1.29, 1.82) is 0 Å². The average Bonchev–Trinajstić information content (AvgIpc) is 2.58. The molecule has 78 valence electrons. The van der Waals surface area contributed by atoms with Crippen molar-refractivity contribution in [2.75, 3.05) is 5.73 Å². The minimum atomic E-state index is -0.137. The van der Waals surface area contributed by atoms with E-state index in [-0.39, 0.29) is 5.69 Å². The molecule has 0 aliphatic rings. The Morgan fingerprint density at radius 2 is 2.00 bits per heavy atom. The number of H-pyrrole nitrogens is 1. The summed E-state index contributed by atoms with van der Waals surface area (Å²) in [6.45, 7) is 3.86. The van der Waals surface area contributed by atoms with Gasteiger partial charge >= 0.3 is 5.69 Å². The van der Waals surface area contributed by atoms with Crippen LogP contribution in [0.15, 0.2) is 29.3 Å². The van der Waals surface area contributed by atoms with Gasteiger partial charge in [0, 0.05) is 18.1 Å². The number of benzene rings is 1. The van der Waals surface area contributed by atoms with Gasteiger partial charge in [0.1, 0.15) is 0 Å². The summed E-state index contributed by atoms with van der Waals surface area (Å²) in [4.78, 5) is 14.0. The van der Waals surface area contributed by atoms with Crippen LogP contribution in [0.1, 0.15) is 11.1 Å². The summed E-state index contributed by atoms with van der Waals surface area (Å²) >= 11 is 0. The number of hydrogen-bond donors (Lipinski definition) is 2. The summed E-state index contributed by atoms with van der Waals surface area (Å²) < 4.78 is 1.57. The molecule has 15 heavy (non-hydrogen) atoms. The molecule has 2 rings (SSSR count). The molecule has 0 radical (unpaired) electrons. The number of nitrogens with one attached hydrogen (secondary N) is 1. The van der Waals surface area contributed by atoms with Gasteiger partial charge in [-0.2, -0.15) is 0 Å². The van der Waals surface area contributed by atoms with Gasteiger partial charge in [-0.1, -0.05) is 0 Å². The maximum atomic E-state index is 11.4. The van der Waals surface area contributed by atoms with Crippen LogP contribution in [-0.4, -0.2) is 9.55 Å². The summed E-state index contributed by atoms with van der Waals surface area (Å²) in [6, 6.07) is 3.80. The molecular weight excluding hydrogens is 190 g/mol. The molecule has 3 N–H and O–H groups in total. The van der Waals surface area contributed by atoms with Crippen molar-refractivity contribution < 1.29 is 0 Å². The monoisotopic (exact) mass is 203 g/mol. The van der Waals surface area contributed by atoms with Crippen molar-refractivity contribution >= 4 is 5.69 Å². The van der Waals surface area contributed by atoms with E-state index in [4.69, 9.17) is 5.73 Å². The lowest BCUT2D eigenvalue weighted by atomic mass is 10.1. The van der Waals surface area contributed by atoms with E-state index in [0.717, 1.165) is 22.5 Å². The Hall–Kier alpha value is -1.97. The molecule has 0 unspecified atom stereocenters. The summed E-state index contributed by atoms with van der Waals surface area (Å²) in [5.41, 5.74) is 9.23. The first kappa shape index (κ1) is 9.58. The molecule has 4 heteroatoms. The van der Waals surface area contributed by atoms with E-state index in [1.165, 1.54) is 0 Å². The highest BCUT2D eigenvalue weighted by Crippen LogP contribution is 2.19. The maximum absolute atomic E-state index is 11.4. The van der Waals surface area contributed by atoms with Gasteiger partial charge in [-0.3, -0.25) is 4.57 Å². The van der Waals surface area contributed by atoms with Crippen molar-refractivity contribution in [2.45, 2.75) is 13.8 Å². The van der Waals surface area contributed by atoms with Crippen LogP contribution >= 0.6 is 0 Å². The standard InChI is InChI=1S/C11H13N3O/c1-7-6-10(8(2)5-9(7)12)14-4-3-13-11(14)15/h3-6H,12H2,1-2H3,(H,13,15). The lowest BCUT2D eigenvalue weighted by molar-refractivity contribution is 0.973. The zero-order chi connectivity index (χ0) is 11.0. The minimum absolute atomic E-state index is 0.137. The van der Waals surface area contributed by atoms with E-state index in [9.17, 15) is 4.79 Å². The number of imidazole rings is 1. The Morgan fingerprint density at radius 1 is 1.27 bits per heavy atom. The highest BCUT2D eigenvalue weighted by atomic mass is 16.1. The number of rotatable bonds is 1. The molecule has 0 spiro atoms. The quantitative estimate of drug-likeness (QED) is 0.687. The molecule has 0 saturated heterocycles. The molecular formula is C11H13N3O. The number of anilines is 1. The van der Waals surface area contributed by atoms with Gasteiger partial charge in [0.15, 0.2) is 0 Å². The molecule has 2 aromatic rings. The third-order valence-electron chi connectivity index (χ3n) is 2.49. The number of aromatic amines is 1. The van der Waals surface area contributed by atoms with E-state index < -0.39 is 0 Å². The second kappa shape index (κ2) is 3.31. The summed E-state index contributed by atoms with van der Waals surface area (Å²) in [5.74, 6) is 0. The van der Waals surface area contributed by atoms with Crippen molar-refractivity contribution in [3.8, 4) is 5.69 Å². The van der Waals surface area contributed by atoms with Crippen LogP contribution in [0.25, 0.3) is 5.69 Å².